The van der Waals surface area contributed by atoms with Crippen LogP contribution in [0, 0.1) is 5.41 Å². The second-order valence-electron chi connectivity index (χ2n) is 6.51. The van der Waals surface area contributed by atoms with Crippen LogP contribution in [0.2, 0.25) is 0 Å². The molecule has 0 aliphatic carbocycles. The fourth-order valence-corrected chi connectivity index (χ4v) is 2.29. The lowest BCUT2D eigenvalue weighted by Gasteiger charge is -2.25. The van der Waals surface area contributed by atoms with Gasteiger partial charge in [-0.25, -0.2) is 0 Å². The van der Waals surface area contributed by atoms with Gasteiger partial charge in [0, 0.05) is 12.2 Å². The van der Waals surface area contributed by atoms with Crippen LogP contribution in [0.4, 0.5) is 0 Å². The number of nitrogens with one attached hydrogen (secondary N) is 1. The van der Waals surface area contributed by atoms with Crippen molar-refractivity contribution in [1.82, 2.24) is 10.3 Å². The number of pyridine rings is 1. The zero-order valence-corrected chi connectivity index (χ0v) is 13.3. The van der Waals surface area contributed by atoms with Crippen LogP contribution < -0.4 is 5.32 Å². The van der Waals surface area contributed by atoms with E-state index in [2.05, 4.69) is 51.0 Å². The highest BCUT2D eigenvalue weighted by atomic mass is 14.9. The molecule has 0 spiro atoms. The fourth-order valence-electron chi connectivity index (χ4n) is 2.29. The number of hydrogen-bond donors (Lipinski definition) is 1. The van der Waals surface area contributed by atoms with Crippen molar-refractivity contribution < 1.29 is 0 Å². The molecule has 19 heavy (non-hydrogen) atoms. The van der Waals surface area contributed by atoms with Crippen molar-refractivity contribution in [2.75, 3.05) is 6.54 Å². The molecule has 108 valence electrons. The van der Waals surface area contributed by atoms with Gasteiger partial charge in [0.05, 0.1) is 5.69 Å². The molecule has 0 aliphatic heterocycles. The van der Waals surface area contributed by atoms with Crippen LogP contribution in [-0.4, -0.2) is 11.5 Å². The molecule has 1 aromatic rings. The van der Waals surface area contributed by atoms with Gasteiger partial charge in [0.2, 0.25) is 0 Å². The Morgan fingerprint density at radius 1 is 1.26 bits per heavy atom. The molecule has 0 amide bonds. The lowest BCUT2D eigenvalue weighted by Crippen LogP contribution is -2.25. The molecule has 2 nitrogen and oxygen atoms in total. The number of aromatic nitrogens is 1. The summed E-state index contributed by atoms with van der Waals surface area (Å²) in [6.45, 7) is 12.4. The Balaban J connectivity index is 2.82. The molecule has 1 atom stereocenters. The summed E-state index contributed by atoms with van der Waals surface area (Å²) in [6.07, 6.45) is 6.52. The highest BCUT2D eigenvalue weighted by molar-refractivity contribution is 5.22. The third-order valence-electron chi connectivity index (χ3n) is 3.46. The average molecular weight is 262 g/mol. The summed E-state index contributed by atoms with van der Waals surface area (Å²) in [6, 6.07) is 4.65. The smallest absolute Gasteiger partial charge is 0.0604 e. The van der Waals surface area contributed by atoms with Gasteiger partial charge in [-0.3, -0.25) is 4.98 Å². The summed E-state index contributed by atoms with van der Waals surface area (Å²) in [5.74, 6) is 0. The first-order valence-electron chi connectivity index (χ1n) is 7.65. The van der Waals surface area contributed by atoms with Crippen LogP contribution in [0.15, 0.2) is 18.3 Å². The molecule has 1 rings (SSSR count). The Kier molecular flexibility index (Phi) is 6.50. The quantitative estimate of drug-likeness (QED) is 0.782. The molecule has 1 aromatic heterocycles. The molecule has 0 saturated heterocycles. The van der Waals surface area contributed by atoms with E-state index in [0.29, 0.717) is 11.5 Å². The zero-order chi connectivity index (χ0) is 14.3. The third-order valence-corrected chi connectivity index (χ3v) is 3.46. The largest absolute Gasteiger partial charge is 0.309 e. The Morgan fingerprint density at radius 3 is 2.58 bits per heavy atom. The Morgan fingerprint density at radius 2 is 2.00 bits per heavy atom. The van der Waals surface area contributed by atoms with Crippen molar-refractivity contribution in [3.63, 3.8) is 0 Å². The maximum Gasteiger partial charge on any atom is 0.0604 e. The molecule has 1 heterocycles. The van der Waals surface area contributed by atoms with Crippen LogP contribution >= 0.6 is 0 Å². The van der Waals surface area contributed by atoms with E-state index < -0.39 is 0 Å². The zero-order valence-electron chi connectivity index (χ0n) is 13.3. The standard InChI is InChI=1S/C17H30N2/c1-6-12-18-15(10-11-17(3,4)5)16-14(7-2)9-8-13-19-16/h8-9,13,15,18H,6-7,10-12H2,1-5H3. The van der Waals surface area contributed by atoms with E-state index in [9.17, 15) is 0 Å². The molecule has 0 fully saturated rings. The summed E-state index contributed by atoms with van der Waals surface area (Å²) in [5.41, 5.74) is 3.01. The predicted octanol–water partition coefficient (Wildman–Crippen LogP) is 4.51. The SMILES string of the molecule is CCCNC(CCC(C)(C)C)c1ncccc1CC. The van der Waals surface area contributed by atoms with Gasteiger partial charge in [-0.2, -0.15) is 0 Å². The summed E-state index contributed by atoms with van der Waals surface area (Å²) in [4.78, 5) is 4.64. The van der Waals surface area contributed by atoms with Crippen molar-refractivity contribution in [3.05, 3.63) is 29.6 Å². The first-order valence-corrected chi connectivity index (χ1v) is 7.65. The molecular formula is C17H30N2. The molecule has 2 heteroatoms. The number of hydrogen-bond acceptors (Lipinski definition) is 2. The van der Waals surface area contributed by atoms with E-state index in [1.54, 1.807) is 0 Å². The lowest BCUT2D eigenvalue weighted by atomic mass is 9.87. The monoisotopic (exact) mass is 262 g/mol. The minimum atomic E-state index is 0.382. The maximum atomic E-state index is 4.64. The van der Waals surface area contributed by atoms with Gasteiger partial charge in [0.25, 0.3) is 0 Å². The van der Waals surface area contributed by atoms with Crippen molar-refractivity contribution in [2.24, 2.45) is 5.41 Å². The molecule has 0 saturated carbocycles. The minimum Gasteiger partial charge on any atom is -0.309 e. The van der Waals surface area contributed by atoms with Crippen LogP contribution in [0.1, 0.15) is 71.2 Å². The van der Waals surface area contributed by atoms with Gasteiger partial charge in [-0.1, -0.05) is 40.7 Å². The normalized spacial score (nSPS) is 13.5. The molecule has 0 aliphatic rings. The number of aryl methyl sites for hydroxylation is 1. The van der Waals surface area contributed by atoms with Crippen molar-refractivity contribution >= 4 is 0 Å². The van der Waals surface area contributed by atoms with E-state index in [1.807, 2.05) is 12.3 Å². The fraction of sp³-hybridized carbons (Fsp3) is 0.706. The summed E-state index contributed by atoms with van der Waals surface area (Å²) in [7, 11) is 0. The molecule has 1 unspecified atom stereocenters. The Hall–Kier alpha value is -0.890. The molecule has 0 bridgehead atoms. The maximum absolute atomic E-state index is 4.64. The first kappa shape index (κ1) is 16.2. The second-order valence-corrected chi connectivity index (χ2v) is 6.51. The minimum absolute atomic E-state index is 0.382. The highest BCUT2D eigenvalue weighted by Crippen LogP contribution is 2.28. The van der Waals surface area contributed by atoms with Gasteiger partial charge in [0.1, 0.15) is 0 Å². The van der Waals surface area contributed by atoms with E-state index in [0.717, 1.165) is 19.4 Å². The van der Waals surface area contributed by atoms with Crippen molar-refractivity contribution in [2.45, 2.75) is 66.3 Å². The van der Waals surface area contributed by atoms with Crippen molar-refractivity contribution in [1.29, 1.82) is 0 Å². The molecule has 1 N–H and O–H groups in total. The van der Waals surface area contributed by atoms with Crippen LogP contribution in [0.5, 0.6) is 0 Å². The predicted molar refractivity (Wildman–Crippen MR) is 83.3 cm³/mol. The number of rotatable bonds is 7. The van der Waals surface area contributed by atoms with Crippen LogP contribution in [0.25, 0.3) is 0 Å². The Bertz CT molecular complexity index is 366. The second kappa shape index (κ2) is 7.64. The molecular weight excluding hydrogens is 232 g/mol. The third kappa shape index (κ3) is 5.73. The van der Waals surface area contributed by atoms with E-state index in [4.69, 9.17) is 0 Å². The van der Waals surface area contributed by atoms with Gasteiger partial charge in [-0.05, 0) is 49.3 Å². The molecule has 0 radical (unpaired) electrons. The first-order chi connectivity index (χ1) is 8.98. The van der Waals surface area contributed by atoms with Gasteiger partial charge in [0.15, 0.2) is 0 Å². The summed E-state index contributed by atoms with van der Waals surface area (Å²) >= 11 is 0. The van der Waals surface area contributed by atoms with E-state index in [-0.39, 0.29) is 0 Å². The number of nitrogens with zero attached hydrogens (tertiary/aromatic N) is 1. The summed E-state index contributed by atoms with van der Waals surface area (Å²) in [5, 5.41) is 3.67. The average Bonchev–Trinajstić information content (AvgIpc) is 2.38. The topological polar surface area (TPSA) is 24.9 Å². The van der Waals surface area contributed by atoms with E-state index in [1.165, 1.54) is 24.1 Å². The van der Waals surface area contributed by atoms with Gasteiger partial charge >= 0.3 is 0 Å². The summed E-state index contributed by atoms with van der Waals surface area (Å²) < 4.78 is 0. The van der Waals surface area contributed by atoms with Crippen LogP contribution in [-0.2, 0) is 6.42 Å². The van der Waals surface area contributed by atoms with Crippen LogP contribution in [0.3, 0.4) is 0 Å². The lowest BCUT2D eigenvalue weighted by molar-refractivity contribution is 0.329. The molecule has 0 aromatic carbocycles. The Labute approximate surface area is 119 Å². The van der Waals surface area contributed by atoms with E-state index >= 15 is 0 Å². The van der Waals surface area contributed by atoms with Crippen molar-refractivity contribution in [3.8, 4) is 0 Å². The van der Waals surface area contributed by atoms with Gasteiger partial charge < -0.3 is 5.32 Å². The highest BCUT2D eigenvalue weighted by Gasteiger charge is 2.19. The van der Waals surface area contributed by atoms with Gasteiger partial charge in [-0.15, -0.1) is 0 Å².